The highest BCUT2D eigenvalue weighted by Crippen LogP contribution is 2.46. The number of hydrogen-bond acceptors (Lipinski definition) is 7. The lowest BCUT2D eigenvalue weighted by molar-refractivity contribution is 0.0794. The Bertz CT molecular complexity index is 1720. The average molecular weight is 534 g/mol. The Hall–Kier alpha value is -4.82. The molecule has 2 aromatic heterocycles. The number of pyridine rings is 1. The van der Waals surface area contributed by atoms with E-state index in [1.54, 1.807) is 56.9 Å². The lowest BCUT2D eigenvalue weighted by atomic mass is 9.71. The summed E-state index contributed by atoms with van der Waals surface area (Å²) in [6.45, 7) is 0.582. The van der Waals surface area contributed by atoms with Crippen molar-refractivity contribution >= 4 is 22.6 Å². The molecule has 6 rings (SSSR count). The highest BCUT2D eigenvalue weighted by atomic mass is 16.5. The molecular formula is C32H27N3O5. The van der Waals surface area contributed by atoms with Crippen LogP contribution in [0.1, 0.15) is 43.2 Å². The molecule has 3 aromatic carbocycles. The number of fused-ring (bicyclic) bond motifs is 2. The third-order valence-corrected chi connectivity index (χ3v) is 7.34. The van der Waals surface area contributed by atoms with Crippen molar-refractivity contribution in [3.63, 3.8) is 0 Å². The minimum atomic E-state index is -1.52. The van der Waals surface area contributed by atoms with Gasteiger partial charge in [0.2, 0.25) is 0 Å². The van der Waals surface area contributed by atoms with Crippen LogP contribution < -0.4 is 9.47 Å². The van der Waals surface area contributed by atoms with Crippen molar-refractivity contribution in [2.45, 2.75) is 25.0 Å². The van der Waals surface area contributed by atoms with Gasteiger partial charge in [0.25, 0.3) is 0 Å². The monoisotopic (exact) mass is 533 g/mol. The van der Waals surface area contributed by atoms with Crippen LogP contribution in [0.3, 0.4) is 0 Å². The fourth-order valence-electron chi connectivity index (χ4n) is 5.45. The summed E-state index contributed by atoms with van der Waals surface area (Å²) < 4.78 is 16.9. The number of methoxy groups -OCH3 is 2. The Morgan fingerprint density at radius 2 is 1.60 bits per heavy atom. The van der Waals surface area contributed by atoms with Gasteiger partial charge < -0.3 is 19.2 Å². The Balaban J connectivity index is 1.49. The predicted octanol–water partition coefficient (Wildman–Crippen LogP) is 5.25. The first kappa shape index (κ1) is 25.5. The number of carbonyl (C=O) groups excluding carboxylic acids is 2. The van der Waals surface area contributed by atoms with Gasteiger partial charge in [0.05, 0.1) is 12.6 Å². The number of carbonyl (C=O) groups is 2. The largest absolute Gasteiger partial charge is 0.494 e. The zero-order chi connectivity index (χ0) is 27.7. The van der Waals surface area contributed by atoms with Gasteiger partial charge >= 0.3 is 0 Å². The van der Waals surface area contributed by atoms with Gasteiger partial charge in [-0.2, -0.15) is 0 Å². The normalized spacial score (nSPS) is 16.4. The van der Waals surface area contributed by atoms with Gasteiger partial charge in [-0.05, 0) is 53.9 Å². The van der Waals surface area contributed by atoms with Gasteiger partial charge in [0.1, 0.15) is 41.5 Å². The molecule has 1 aliphatic rings. The standard InChI is InChI=1S/C32H27N3O5/c1-38-19-27-34-28-25(10-11-26(39-2)29(28)35-27)32(17-20-12-14-33-15-13-20)30(36)23-9-8-22(16-24(23)31(32)37)40-18-21-6-4-3-5-7-21/h3-16H,17-19H2,1-2H3,(H,34,35). The molecular weight excluding hydrogens is 506 g/mol. The van der Waals surface area contributed by atoms with E-state index in [9.17, 15) is 9.59 Å². The third-order valence-electron chi connectivity index (χ3n) is 7.34. The maximum atomic E-state index is 14.5. The number of rotatable bonds is 9. The zero-order valence-electron chi connectivity index (χ0n) is 22.1. The van der Waals surface area contributed by atoms with Crippen molar-refractivity contribution in [2.75, 3.05) is 14.2 Å². The van der Waals surface area contributed by atoms with Gasteiger partial charge in [0, 0.05) is 36.2 Å². The molecule has 200 valence electrons. The van der Waals surface area contributed by atoms with E-state index in [4.69, 9.17) is 14.2 Å². The molecule has 40 heavy (non-hydrogen) atoms. The van der Waals surface area contributed by atoms with Crippen LogP contribution >= 0.6 is 0 Å². The van der Waals surface area contributed by atoms with Gasteiger partial charge in [-0.1, -0.05) is 36.4 Å². The third kappa shape index (κ3) is 4.23. The van der Waals surface area contributed by atoms with E-state index < -0.39 is 5.41 Å². The Morgan fingerprint density at radius 1 is 0.825 bits per heavy atom. The molecule has 1 N–H and O–H groups in total. The van der Waals surface area contributed by atoms with E-state index in [1.165, 1.54) is 0 Å². The number of nitrogens with zero attached hydrogens (tertiary/aromatic N) is 2. The number of nitrogens with one attached hydrogen (secondary N) is 1. The average Bonchev–Trinajstić information content (AvgIpc) is 3.50. The molecule has 2 heterocycles. The van der Waals surface area contributed by atoms with Crippen LogP contribution in [0.2, 0.25) is 0 Å². The van der Waals surface area contributed by atoms with Crippen LogP contribution in [0.25, 0.3) is 11.0 Å². The molecule has 0 bridgehead atoms. The molecule has 0 spiro atoms. The molecule has 1 atom stereocenters. The number of ketones is 2. The molecule has 0 saturated carbocycles. The molecule has 0 fully saturated rings. The number of aromatic amines is 1. The summed E-state index contributed by atoms with van der Waals surface area (Å²) in [6, 6.07) is 22.1. The summed E-state index contributed by atoms with van der Waals surface area (Å²) in [7, 11) is 3.14. The first-order valence-corrected chi connectivity index (χ1v) is 12.9. The topological polar surface area (TPSA) is 103 Å². The maximum absolute atomic E-state index is 14.5. The van der Waals surface area contributed by atoms with E-state index in [-0.39, 0.29) is 24.6 Å². The highest BCUT2D eigenvalue weighted by molar-refractivity contribution is 6.34. The van der Waals surface area contributed by atoms with Crippen LogP contribution in [0.15, 0.2) is 85.2 Å². The number of imidazole rings is 1. The summed E-state index contributed by atoms with van der Waals surface area (Å²) >= 11 is 0. The molecule has 8 nitrogen and oxygen atoms in total. The van der Waals surface area contributed by atoms with E-state index in [2.05, 4.69) is 15.0 Å². The molecule has 8 heteroatoms. The first-order chi connectivity index (χ1) is 19.5. The summed E-state index contributed by atoms with van der Waals surface area (Å²) in [5.74, 6) is 1.06. The van der Waals surface area contributed by atoms with Crippen molar-refractivity contribution in [1.29, 1.82) is 0 Å². The number of aromatic nitrogens is 3. The predicted molar refractivity (Wildman–Crippen MR) is 149 cm³/mol. The fraction of sp³-hybridized carbons (Fsp3) is 0.188. The van der Waals surface area contributed by atoms with Crippen molar-refractivity contribution in [2.24, 2.45) is 0 Å². The second-order valence-electron chi connectivity index (χ2n) is 9.73. The molecule has 0 aliphatic heterocycles. The SMILES string of the molecule is COCc1nc2c(OC)ccc(C3(Cc4ccncc4)C(=O)c4ccc(OCc5ccccc5)cc4C3=O)c2[nH]1. The molecule has 0 amide bonds. The van der Waals surface area contributed by atoms with E-state index in [0.29, 0.717) is 51.7 Å². The number of benzene rings is 3. The molecule has 0 saturated heterocycles. The Morgan fingerprint density at radius 3 is 2.35 bits per heavy atom. The summed E-state index contributed by atoms with van der Waals surface area (Å²) in [4.78, 5) is 40.9. The molecule has 1 unspecified atom stereocenters. The van der Waals surface area contributed by atoms with Crippen molar-refractivity contribution < 1.29 is 23.8 Å². The minimum absolute atomic E-state index is 0.155. The second kappa shape index (κ2) is 10.4. The lowest BCUT2D eigenvalue weighted by Crippen LogP contribution is -2.41. The van der Waals surface area contributed by atoms with Crippen LogP contribution in [0, 0.1) is 0 Å². The van der Waals surface area contributed by atoms with Gasteiger partial charge in [-0.15, -0.1) is 0 Å². The number of Topliss-reactive ketones (excluding diaryl/α,β-unsaturated/α-hetero) is 2. The van der Waals surface area contributed by atoms with Crippen molar-refractivity contribution in [3.05, 3.63) is 119 Å². The summed E-state index contributed by atoms with van der Waals surface area (Å²) in [6.07, 6.45) is 3.47. The smallest absolute Gasteiger partial charge is 0.182 e. The first-order valence-electron chi connectivity index (χ1n) is 12.9. The summed E-state index contributed by atoms with van der Waals surface area (Å²) in [5.41, 5.74) is 2.63. The van der Waals surface area contributed by atoms with E-state index in [0.717, 1.165) is 11.1 Å². The van der Waals surface area contributed by atoms with E-state index in [1.807, 2.05) is 42.5 Å². The fourth-order valence-corrected chi connectivity index (χ4v) is 5.45. The van der Waals surface area contributed by atoms with Crippen LogP contribution in [0.4, 0.5) is 0 Å². The van der Waals surface area contributed by atoms with Gasteiger partial charge in [0.15, 0.2) is 11.6 Å². The highest BCUT2D eigenvalue weighted by Gasteiger charge is 2.55. The summed E-state index contributed by atoms with van der Waals surface area (Å²) in [5, 5.41) is 0. The van der Waals surface area contributed by atoms with Crippen molar-refractivity contribution in [1.82, 2.24) is 15.0 Å². The second-order valence-corrected chi connectivity index (χ2v) is 9.73. The Kier molecular flexibility index (Phi) is 6.61. The van der Waals surface area contributed by atoms with Gasteiger partial charge in [-0.3, -0.25) is 14.6 Å². The van der Waals surface area contributed by atoms with Gasteiger partial charge in [-0.25, -0.2) is 4.98 Å². The lowest BCUT2D eigenvalue weighted by Gasteiger charge is -2.27. The minimum Gasteiger partial charge on any atom is -0.494 e. The molecule has 5 aromatic rings. The number of H-pyrrole nitrogens is 1. The number of ether oxygens (including phenoxy) is 3. The van der Waals surface area contributed by atoms with Crippen LogP contribution in [-0.2, 0) is 29.8 Å². The number of hydrogen-bond donors (Lipinski definition) is 1. The quantitative estimate of drug-likeness (QED) is 0.258. The molecule has 0 radical (unpaired) electrons. The van der Waals surface area contributed by atoms with E-state index >= 15 is 0 Å². The van der Waals surface area contributed by atoms with Crippen LogP contribution in [-0.4, -0.2) is 40.7 Å². The molecule has 1 aliphatic carbocycles. The Labute approximate surface area is 231 Å². The van der Waals surface area contributed by atoms with Crippen molar-refractivity contribution in [3.8, 4) is 11.5 Å². The van der Waals surface area contributed by atoms with Crippen LogP contribution in [0.5, 0.6) is 11.5 Å². The zero-order valence-corrected chi connectivity index (χ0v) is 22.1. The maximum Gasteiger partial charge on any atom is 0.182 e.